The van der Waals surface area contributed by atoms with Crippen molar-refractivity contribution >= 4 is 27.2 Å². The van der Waals surface area contributed by atoms with Crippen LogP contribution in [-0.4, -0.2) is 61.6 Å². The third kappa shape index (κ3) is 5.17. The molecule has 0 aliphatic rings. The van der Waals surface area contributed by atoms with Gasteiger partial charge in [0.2, 0.25) is 10.0 Å². The van der Waals surface area contributed by atoms with E-state index in [2.05, 4.69) is 0 Å². The lowest BCUT2D eigenvalue weighted by Crippen LogP contribution is -2.46. The van der Waals surface area contributed by atoms with Crippen molar-refractivity contribution in [1.82, 2.24) is 9.21 Å². The molecule has 2 N–H and O–H groups in total. The second-order valence-corrected chi connectivity index (χ2v) is 7.13. The first-order valence-electron chi connectivity index (χ1n) is 6.20. The van der Waals surface area contributed by atoms with Crippen LogP contribution in [-0.2, 0) is 10.0 Å². The van der Waals surface area contributed by atoms with Crippen LogP contribution in [0.4, 0.5) is 0 Å². The predicted octanol–water partition coefficient (Wildman–Crippen LogP) is 0.655. The van der Waals surface area contributed by atoms with Crippen LogP contribution in [0, 0.1) is 0 Å². The molecule has 0 radical (unpaired) electrons. The third-order valence-corrected chi connectivity index (χ3v) is 5.50. The fourth-order valence-electron chi connectivity index (χ4n) is 1.67. The van der Waals surface area contributed by atoms with Crippen molar-refractivity contribution in [1.29, 1.82) is 0 Å². The molecular formula is C11H25N3O2S2. The number of likely N-dealkylation sites (N-methyl/N-ethyl adjacent to an activating group) is 1. The fourth-order valence-corrected chi connectivity index (χ4v) is 4.05. The van der Waals surface area contributed by atoms with E-state index in [9.17, 15) is 8.42 Å². The summed E-state index contributed by atoms with van der Waals surface area (Å²) >= 11 is 4.86. The largest absolute Gasteiger partial charge is 0.392 e. The zero-order chi connectivity index (χ0) is 14.3. The van der Waals surface area contributed by atoms with Gasteiger partial charge in [-0.15, -0.1) is 0 Å². The molecule has 0 bridgehead atoms. The van der Waals surface area contributed by atoms with E-state index in [0.29, 0.717) is 26.1 Å². The maximum atomic E-state index is 12.4. The molecule has 18 heavy (non-hydrogen) atoms. The Labute approximate surface area is 116 Å². The second kappa shape index (κ2) is 8.04. The molecule has 0 fully saturated rings. The first kappa shape index (κ1) is 17.8. The fraction of sp³-hybridized carbons (Fsp3) is 0.909. The Hall–Kier alpha value is -0.240. The summed E-state index contributed by atoms with van der Waals surface area (Å²) in [5.74, 6) is 0. The van der Waals surface area contributed by atoms with E-state index in [1.54, 1.807) is 6.92 Å². The Morgan fingerprint density at radius 1 is 1.22 bits per heavy atom. The Morgan fingerprint density at radius 3 is 2.11 bits per heavy atom. The number of nitrogens with two attached hydrogens (primary N) is 1. The number of sulfonamides is 1. The van der Waals surface area contributed by atoms with Crippen LogP contribution in [0.2, 0.25) is 0 Å². The first-order chi connectivity index (χ1) is 8.27. The second-order valence-electron chi connectivity index (χ2n) is 4.55. The summed E-state index contributed by atoms with van der Waals surface area (Å²) in [7, 11) is 0.407. The topological polar surface area (TPSA) is 66.6 Å². The zero-order valence-corrected chi connectivity index (χ0v) is 13.4. The van der Waals surface area contributed by atoms with Gasteiger partial charge in [0.05, 0.1) is 4.99 Å². The van der Waals surface area contributed by atoms with E-state index in [1.807, 2.05) is 25.9 Å². The van der Waals surface area contributed by atoms with E-state index < -0.39 is 15.3 Å². The highest BCUT2D eigenvalue weighted by Crippen LogP contribution is 2.13. The van der Waals surface area contributed by atoms with Crippen LogP contribution >= 0.6 is 12.2 Å². The number of nitrogens with zero attached hydrogens (tertiary/aromatic N) is 2. The molecule has 0 heterocycles. The number of thiocarbonyl (C=S) groups is 1. The zero-order valence-electron chi connectivity index (χ0n) is 11.7. The Morgan fingerprint density at radius 2 is 1.78 bits per heavy atom. The van der Waals surface area contributed by atoms with Gasteiger partial charge in [0.1, 0.15) is 5.25 Å². The molecule has 0 spiro atoms. The quantitative estimate of drug-likeness (QED) is 0.633. The summed E-state index contributed by atoms with van der Waals surface area (Å²) < 4.78 is 26.4. The summed E-state index contributed by atoms with van der Waals surface area (Å²) in [6, 6.07) is 0. The van der Waals surface area contributed by atoms with E-state index in [4.69, 9.17) is 18.0 Å². The van der Waals surface area contributed by atoms with Crippen LogP contribution in [0.3, 0.4) is 0 Å². The van der Waals surface area contributed by atoms with Gasteiger partial charge < -0.3 is 10.6 Å². The first-order valence-corrected chi connectivity index (χ1v) is 8.11. The predicted molar refractivity (Wildman–Crippen MR) is 80.2 cm³/mol. The van der Waals surface area contributed by atoms with Crippen molar-refractivity contribution in [2.75, 3.05) is 33.7 Å². The molecule has 0 aliphatic carbocycles. The number of rotatable bonds is 9. The van der Waals surface area contributed by atoms with Gasteiger partial charge in [0.15, 0.2) is 0 Å². The molecule has 7 heteroatoms. The van der Waals surface area contributed by atoms with Crippen molar-refractivity contribution in [3.63, 3.8) is 0 Å². The maximum Gasteiger partial charge on any atom is 0.223 e. The van der Waals surface area contributed by atoms with Gasteiger partial charge in [-0.1, -0.05) is 26.1 Å². The highest BCUT2D eigenvalue weighted by Gasteiger charge is 2.32. The molecule has 0 aromatic rings. The van der Waals surface area contributed by atoms with Crippen molar-refractivity contribution in [3.8, 4) is 0 Å². The summed E-state index contributed by atoms with van der Waals surface area (Å²) in [5, 5.41) is -0.749. The van der Waals surface area contributed by atoms with Crippen molar-refractivity contribution in [3.05, 3.63) is 0 Å². The lowest BCUT2D eigenvalue weighted by molar-refractivity contribution is 0.331. The van der Waals surface area contributed by atoms with Gasteiger partial charge in [-0.05, 0) is 26.9 Å². The summed E-state index contributed by atoms with van der Waals surface area (Å²) in [4.78, 5) is 2.02. The van der Waals surface area contributed by atoms with Crippen molar-refractivity contribution in [2.45, 2.75) is 31.9 Å². The molecule has 0 aromatic carbocycles. The Bertz CT molecular complexity index is 355. The van der Waals surface area contributed by atoms with Gasteiger partial charge >= 0.3 is 0 Å². The highest BCUT2D eigenvalue weighted by atomic mass is 32.2. The average Bonchev–Trinajstić information content (AvgIpc) is 2.23. The molecule has 5 nitrogen and oxygen atoms in total. The smallest absolute Gasteiger partial charge is 0.223 e. The lowest BCUT2D eigenvalue weighted by Gasteiger charge is -2.27. The van der Waals surface area contributed by atoms with E-state index in [1.165, 1.54) is 4.31 Å². The van der Waals surface area contributed by atoms with Crippen LogP contribution in [0.1, 0.15) is 26.7 Å². The molecular weight excluding hydrogens is 270 g/mol. The Kier molecular flexibility index (Phi) is 7.93. The summed E-state index contributed by atoms with van der Waals surface area (Å²) in [6.07, 6.45) is 1.19. The molecule has 0 saturated heterocycles. The summed E-state index contributed by atoms with van der Waals surface area (Å²) in [5.41, 5.74) is 5.54. The standard InChI is InChI=1S/C11H25N3O2S2/c1-5-7-14(9-8-13(3)4)18(15,16)10(6-2)11(12)17/h10H,5-9H2,1-4H3,(H2,12,17). The Balaban J connectivity index is 5.01. The summed E-state index contributed by atoms with van der Waals surface area (Å²) in [6.45, 7) is 5.42. The van der Waals surface area contributed by atoms with E-state index in [-0.39, 0.29) is 4.99 Å². The molecule has 0 amide bonds. The van der Waals surface area contributed by atoms with Gasteiger partial charge in [0, 0.05) is 19.6 Å². The SMILES string of the molecule is CCCN(CCN(C)C)S(=O)(=O)C(CC)C(N)=S. The minimum absolute atomic E-state index is 0.0588. The number of hydrogen-bond donors (Lipinski definition) is 1. The molecule has 0 rings (SSSR count). The normalized spacial score (nSPS) is 14.1. The maximum absolute atomic E-state index is 12.4. The molecule has 1 atom stereocenters. The van der Waals surface area contributed by atoms with Gasteiger partial charge in [-0.3, -0.25) is 0 Å². The molecule has 108 valence electrons. The minimum Gasteiger partial charge on any atom is -0.392 e. The van der Waals surface area contributed by atoms with Crippen LogP contribution < -0.4 is 5.73 Å². The molecule has 0 aromatic heterocycles. The van der Waals surface area contributed by atoms with Crippen molar-refractivity contribution < 1.29 is 8.42 Å². The van der Waals surface area contributed by atoms with Crippen LogP contribution in [0.25, 0.3) is 0 Å². The van der Waals surface area contributed by atoms with E-state index >= 15 is 0 Å². The van der Waals surface area contributed by atoms with Gasteiger partial charge in [-0.2, -0.15) is 0 Å². The lowest BCUT2D eigenvalue weighted by atomic mass is 10.3. The molecule has 1 unspecified atom stereocenters. The van der Waals surface area contributed by atoms with Gasteiger partial charge in [0.25, 0.3) is 0 Å². The van der Waals surface area contributed by atoms with Crippen molar-refractivity contribution in [2.24, 2.45) is 5.73 Å². The third-order valence-electron chi connectivity index (χ3n) is 2.68. The molecule has 0 aliphatic heterocycles. The molecule has 0 saturated carbocycles. The average molecular weight is 295 g/mol. The monoisotopic (exact) mass is 295 g/mol. The van der Waals surface area contributed by atoms with E-state index in [0.717, 1.165) is 6.42 Å². The van der Waals surface area contributed by atoms with Crippen LogP contribution in [0.5, 0.6) is 0 Å². The van der Waals surface area contributed by atoms with Crippen LogP contribution in [0.15, 0.2) is 0 Å². The van der Waals surface area contributed by atoms with Gasteiger partial charge in [-0.25, -0.2) is 12.7 Å². The minimum atomic E-state index is -3.43. The number of hydrogen-bond acceptors (Lipinski definition) is 4. The highest BCUT2D eigenvalue weighted by molar-refractivity contribution is 7.92.